The molecule has 9 saturated heterocycles. The maximum Gasteiger partial charge on any atom is 0.187 e. The van der Waals surface area contributed by atoms with Gasteiger partial charge >= 0.3 is 0 Å². The van der Waals surface area contributed by atoms with E-state index in [0.717, 1.165) is 7.11 Å². The summed E-state index contributed by atoms with van der Waals surface area (Å²) in [7, 11) is 1.09. The zero-order valence-corrected chi connectivity index (χ0v) is 53.2. The van der Waals surface area contributed by atoms with Crippen LogP contribution in [0.15, 0.2) is 0 Å². The van der Waals surface area contributed by atoms with Crippen molar-refractivity contribution in [3.05, 3.63) is 0 Å². The van der Waals surface area contributed by atoms with E-state index in [1.165, 1.54) is 0 Å². The molecule has 9 rings (SSSR count). The second kappa shape index (κ2) is 36.1. The van der Waals surface area contributed by atoms with E-state index in [1.807, 2.05) is 0 Å². The summed E-state index contributed by atoms with van der Waals surface area (Å²) in [4.78, 5) is 0. The SMILES string of the molecule is CO[C@@H]1OC(CO)[C@@H](O)[C@H](O[C@@H]2OC(CO)[C@@H](O)[C@H](O[C@@H]3OC(CO[C@@H]4OC(CO)[C@@H](O)[C@H](O)C4O)[C@@H](O)[C@H](O[C@@H]4OC(CO)[C@@H](O)[C@H](O[C@@H]5OC(CO)[C@@H](O)[C@H](O[C@@H]6OC(CO)[C@@H](O)[C@H](O[C@@H]7OC(CO)[C@@H](O)[C@H](O[C@@H]8OC(CO)[C@@H](O)[C@H](O)C8O)C7O)C6O)C5O)C4O)C3O)C2O)C1O. The van der Waals surface area contributed by atoms with Crippen LogP contribution in [-0.4, -0.2) is 486 Å². The number of hydrogen-bond acceptors (Lipinski definition) is 46. The van der Waals surface area contributed by atoms with Crippen molar-refractivity contribution in [2.24, 2.45) is 0 Å². The van der Waals surface area contributed by atoms with Crippen molar-refractivity contribution in [3.63, 3.8) is 0 Å². The van der Waals surface area contributed by atoms with Gasteiger partial charge in [0.2, 0.25) is 0 Å². The Morgan fingerprint density at radius 3 is 0.584 bits per heavy atom. The van der Waals surface area contributed by atoms with Gasteiger partial charge in [-0.1, -0.05) is 0 Å². The third kappa shape index (κ3) is 17.3. The first-order valence-corrected chi connectivity index (χ1v) is 32.1. The molecule has 9 heterocycles. The molecule has 9 fully saturated rings. The number of methoxy groups -OCH3 is 1. The van der Waals surface area contributed by atoms with Gasteiger partial charge in [0, 0.05) is 7.11 Å². The predicted molar refractivity (Wildman–Crippen MR) is 302 cm³/mol. The summed E-state index contributed by atoms with van der Waals surface area (Å²) < 4.78 is 101. The summed E-state index contributed by atoms with van der Waals surface area (Å²) in [6, 6.07) is 0. The molecule has 0 saturated carbocycles. The minimum atomic E-state index is -2.48. The van der Waals surface area contributed by atoms with Crippen LogP contribution in [-0.2, 0) is 85.3 Å². The van der Waals surface area contributed by atoms with Crippen molar-refractivity contribution in [2.45, 2.75) is 276 Å². The van der Waals surface area contributed by atoms with Gasteiger partial charge in [-0.25, -0.2) is 0 Å². The van der Waals surface area contributed by atoms with Gasteiger partial charge in [0.1, 0.15) is 220 Å². The topological polar surface area (TPSA) is 733 Å². The van der Waals surface area contributed by atoms with E-state index < -0.39 is 336 Å². The van der Waals surface area contributed by atoms with Crippen molar-refractivity contribution >= 4 is 0 Å². The molecule has 9 aliphatic heterocycles. The number of hydrogen-bond donors (Lipinski definition) is 28. The molecule has 46 heteroatoms. The van der Waals surface area contributed by atoms with E-state index in [0.29, 0.717) is 0 Å². The number of ether oxygens (including phenoxy) is 18. The number of aliphatic hydroxyl groups excluding tert-OH is 28. The first-order chi connectivity index (χ1) is 48.0. The largest absolute Gasteiger partial charge is 0.394 e. The van der Waals surface area contributed by atoms with Crippen LogP contribution in [0.1, 0.15) is 0 Å². The summed E-state index contributed by atoms with van der Waals surface area (Å²) in [5.41, 5.74) is 0. The van der Waals surface area contributed by atoms with Gasteiger partial charge in [-0.3, -0.25) is 0 Å². The smallest absolute Gasteiger partial charge is 0.187 e. The van der Waals surface area contributed by atoms with E-state index in [9.17, 15) is 143 Å². The van der Waals surface area contributed by atoms with Crippen molar-refractivity contribution in [2.75, 3.05) is 66.6 Å². The van der Waals surface area contributed by atoms with E-state index in [-0.39, 0.29) is 0 Å². The average molecular weight is 1490 g/mol. The molecule has 18 unspecified atom stereocenters. The maximum atomic E-state index is 12.1. The highest BCUT2D eigenvalue weighted by Crippen LogP contribution is 2.40. The molecule has 0 aromatic heterocycles. The Bertz CT molecular complexity index is 2460. The highest BCUT2D eigenvalue weighted by atomic mass is 16.8. The first kappa shape index (κ1) is 83.2. The lowest BCUT2D eigenvalue weighted by atomic mass is 9.95. The minimum Gasteiger partial charge on any atom is -0.394 e. The van der Waals surface area contributed by atoms with Crippen LogP contribution in [0.4, 0.5) is 0 Å². The van der Waals surface area contributed by atoms with Gasteiger partial charge in [-0.15, -0.1) is 0 Å². The van der Waals surface area contributed by atoms with Crippen LogP contribution in [0, 0.1) is 0 Å². The lowest BCUT2D eigenvalue weighted by Gasteiger charge is -2.50. The Morgan fingerprint density at radius 1 is 0.188 bits per heavy atom. The molecule has 0 aromatic rings. The van der Waals surface area contributed by atoms with Crippen molar-refractivity contribution < 1.29 is 228 Å². The Hall–Kier alpha value is -1.84. The van der Waals surface area contributed by atoms with Gasteiger partial charge in [0.05, 0.1) is 59.5 Å². The zero-order valence-electron chi connectivity index (χ0n) is 53.2. The summed E-state index contributed by atoms with van der Waals surface area (Å²) in [5.74, 6) is 0. The first-order valence-electron chi connectivity index (χ1n) is 32.1. The van der Waals surface area contributed by atoms with Gasteiger partial charge < -0.3 is 228 Å². The molecule has 46 nitrogen and oxygen atoms in total. The lowest BCUT2D eigenvalue weighted by Crippen LogP contribution is -2.69. The lowest BCUT2D eigenvalue weighted by molar-refractivity contribution is -0.403. The fraction of sp³-hybridized carbons (Fsp3) is 1.00. The van der Waals surface area contributed by atoms with E-state index in [1.54, 1.807) is 0 Å². The molecule has 590 valence electrons. The molecule has 0 bridgehead atoms. The molecule has 28 N–H and O–H groups in total. The number of aliphatic hydroxyl groups is 28. The van der Waals surface area contributed by atoms with Crippen LogP contribution >= 0.6 is 0 Å². The molecular weight excluding hydrogens is 1400 g/mol. The monoisotopic (exact) mass is 1490 g/mol. The summed E-state index contributed by atoms with van der Waals surface area (Å²) >= 11 is 0. The molecule has 0 aromatic carbocycles. The summed E-state index contributed by atoms with van der Waals surface area (Å²) in [6.07, 6.45) is -92.9. The fourth-order valence-electron chi connectivity index (χ4n) is 13.0. The maximum absolute atomic E-state index is 12.1. The van der Waals surface area contributed by atoms with Crippen LogP contribution in [0.3, 0.4) is 0 Å². The fourth-order valence-corrected chi connectivity index (χ4v) is 13.0. The molecular formula is C55H94O46. The number of rotatable bonds is 26. The van der Waals surface area contributed by atoms with Gasteiger partial charge in [0.15, 0.2) is 56.6 Å². The zero-order chi connectivity index (χ0) is 74.1. The van der Waals surface area contributed by atoms with Crippen molar-refractivity contribution in [1.29, 1.82) is 0 Å². The molecule has 0 spiro atoms. The summed E-state index contributed by atoms with van der Waals surface area (Å²) in [5, 5.41) is 306. The molecule has 45 atom stereocenters. The highest BCUT2D eigenvalue weighted by molar-refractivity contribution is 5.03. The molecule has 0 aliphatic carbocycles. The Morgan fingerprint density at radius 2 is 0.356 bits per heavy atom. The average Bonchev–Trinajstić information content (AvgIpc) is 0.779. The second-order valence-electron chi connectivity index (χ2n) is 25.4. The van der Waals surface area contributed by atoms with Gasteiger partial charge in [-0.2, -0.15) is 0 Å². The van der Waals surface area contributed by atoms with Crippen molar-refractivity contribution in [3.8, 4) is 0 Å². The third-order valence-corrected chi connectivity index (χ3v) is 19.0. The molecule has 101 heavy (non-hydrogen) atoms. The van der Waals surface area contributed by atoms with Crippen molar-refractivity contribution in [1.82, 2.24) is 0 Å². The van der Waals surface area contributed by atoms with E-state index in [4.69, 9.17) is 85.3 Å². The van der Waals surface area contributed by atoms with E-state index in [2.05, 4.69) is 0 Å². The normalized spacial score (nSPS) is 53.3. The molecule has 0 radical (unpaired) electrons. The Labute approximate surface area is 570 Å². The van der Waals surface area contributed by atoms with Crippen LogP contribution < -0.4 is 0 Å². The molecule has 9 aliphatic rings. The van der Waals surface area contributed by atoms with Gasteiger partial charge in [-0.05, 0) is 0 Å². The Balaban J connectivity index is 0.937. The minimum absolute atomic E-state index is 0.855. The van der Waals surface area contributed by atoms with E-state index >= 15 is 0 Å². The third-order valence-electron chi connectivity index (χ3n) is 19.0. The predicted octanol–water partition coefficient (Wildman–Crippen LogP) is -20.0. The second-order valence-corrected chi connectivity index (χ2v) is 25.4. The molecule has 0 amide bonds. The Kier molecular flexibility index (Phi) is 29.8. The van der Waals surface area contributed by atoms with Crippen LogP contribution in [0.5, 0.6) is 0 Å². The van der Waals surface area contributed by atoms with Crippen LogP contribution in [0.2, 0.25) is 0 Å². The highest BCUT2D eigenvalue weighted by Gasteiger charge is 2.61. The quantitative estimate of drug-likeness (QED) is 0.0382. The van der Waals surface area contributed by atoms with Crippen LogP contribution in [0.25, 0.3) is 0 Å². The summed E-state index contributed by atoms with van der Waals surface area (Å²) in [6.45, 7) is -9.37. The standard InChI is InChI=1S/C55H94O46/c1-84-47-33(77)40(22(66)13(4-58)86-47)96-50-38(82)45(27(71)18(9-63)89-50)100-55-39(83)46(28(72)19(94-55)10-85-48-31(75)29(73)20(64)11(2-56)87-48)101-54-37(81)44(26(70)17(8-62)93-54)99-53-36(80)43(25(69)16(7-61)92-53)98-52-35(79)42(24(68)15(6-60)91-52)97-51-34(78)41(23(67)14(5-59)90-51)95-49-32(76)30(74)21(65)12(3-57)88-49/h11-83H,2-10H2,1H3/t11?,12?,13?,14?,15?,16?,17?,18?,19?,20-,21-,22-,23-,24-,25-,26-,27-,28-,29+,30+,31?,32?,33?,34?,35?,36?,37?,38?,39?,40+,41+,42+,43+,44+,45+,46+,47-,48-,49+,50+,51+,52+,53+,54+,55+/m1/s1. The van der Waals surface area contributed by atoms with Gasteiger partial charge in [0.25, 0.3) is 0 Å².